The van der Waals surface area contributed by atoms with Crippen LogP contribution in [0.15, 0.2) is 36.5 Å². The monoisotopic (exact) mass is 255 g/mol. The van der Waals surface area contributed by atoms with E-state index in [4.69, 9.17) is 0 Å². The Labute approximate surface area is 112 Å². The number of anilines is 1. The molecular formula is C15H17N3O. The van der Waals surface area contributed by atoms with Crippen LogP contribution in [0.2, 0.25) is 0 Å². The fourth-order valence-corrected chi connectivity index (χ4v) is 2.55. The van der Waals surface area contributed by atoms with Gasteiger partial charge in [-0.25, -0.2) is 0 Å². The Balaban J connectivity index is 1.75. The van der Waals surface area contributed by atoms with Gasteiger partial charge in [0.1, 0.15) is 0 Å². The van der Waals surface area contributed by atoms with E-state index in [1.54, 1.807) is 6.20 Å². The molecule has 1 saturated heterocycles. The highest BCUT2D eigenvalue weighted by Gasteiger charge is 2.15. The van der Waals surface area contributed by atoms with Crippen molar-refractivity contribution in [2.75, 3.05) is 25.0 Å². The Bertz CT molecular complexity index is 585. The van der Waals surface area contributed by atoms with Crippen molar-refractivity contribution >= 4 is 22.5 Å². The van der Waals surface area contributed by atoms with Gasteiger partial charge in [0.25, 0.3) is 0 Å². The van der Waals surface area contributed by atoms with E-state index in [-0.39, 0.29) is 5.91 Å². The molecule has 0 saturated carbocycles. The molecule has 0 unspecified atom stereocenters. The Morgan fingerprint density at radius 1 is 1.21 bits per heavy atom. The Morgan fingerprint density at radius 2 is 2.05 bits per heavy atom. The van der Waals surface area contributed by atoms with Crippen LogP contribution in [0.3, 0.4) is 0 Å². The highest BCUT2D eigenvalue weighted by atomic mass is 16.2. The molecule has 1 aliphatic rings. The van der Waals surface area contributed by atoms with Crippen molar-refractivity contribution in [3.8, 4) is 0 Å². The third-order valence-corrected chi connectivity index (χ3v) is 3.49. The average molecular weight is 255 g/mol. The number of amides is 1. The predicted octanol–water partition coefficient (Wildman–Crippen LogP) is 2.27. The Hall–Kier alpha value is -1.94. The van der Waals surface area contributed by atoms with Crippen LogP contribution in [-0.2, 0) is 4.79 Å². The summed E-state index contributed by atoms with van der Waals surface area (Å²) in [6.45, 7) is 2.55. The first-order valence-corrected chi connectivity index (χ1v) is 6.69. The third-order valence-electron chi connectivity index (χ3n) is 3.49. The molecule has 1 aromatic heterocycles. The van der Waals surface area contributed by atoms with Crippen LogP contribution < -0.4 is 5.32 Å². The zero-order valence-electron chi connectivity index (χ0n) is 10.8. The molecular weight excluding hydrogens is 238 g/mol. The maximum Gasteiger partial charge on any atom is 0.238 e. The summed E-state index contributed by atoms with van der Waals surface area (Å²) in [4.78, 5) is 18.5. The largest absolute Gasteiger partial charge is 0.324 e. The van der Waals surface area contributed by atoms with Crippen LogP contribution in [0.5, 0.6) is 0 Å². The van der Waals surface area contributed by atoms with Gasteiger partial charge in [0.2, 0.25) is 5.91 Å². The molecule has 2 aromatic rings. The van der Waals surface area contributed by atoms with Gasteiger partial charge in [-0.15, -0.1) is 0 Å². The summed E-state index contributed by atoms with van der Waals surface area (Å²) in [5, 5.41) is 3.98. The van der Waals surface area contributed by atoms with Crippen molar-refractivity contribution in [2.45, 2.75) is 12.8 Å². The summed E-state index contributed by atoms with van der Waals surface area (Å²) in [6, 6.07) is 9.66. The molecule has 98 valence electrons. The molecule has 4 heteroatoms. The van der Waals surface area contributed by atoms with Crippen LogP contribution in [0.4, 0.5) is 5.69 Å². The fraction of sp³-hybridized carbons (Fsp3) is 0.333. The van der Waals surface area contributed by atoms with Crippen molar-refractivity contribution < 1.29 is 4.79 Å². The molecule has 1 N–H and O–H groups in total. The van der Waals surface area contributed by atoms with E-state index < -0.39 is 0 Å². The molecule has 0 radical (unpaired) electrons. The van der Waals surface area contributed by atoms with Crippen LogP contribution in [0, 0.1) is 0 Å². The van der Waals surface area contributed by atoms with Crippen LogP contribution in [0.25, 0.3) is 10.9 Å². The predicted molar refractivity (Wildman–Crippen MR) is 76.0 cm³/mol. The van der Waals surface area contributed by atoms with Crippen LogP contribution in [0.1, 0.15) is 12.8 Å². The molecule has 19 heavy (non-hydrogen) atoms. The van der Waals surface area contributed by atoms with E-state index >= 15 is 0 Å². The Morgan fingerprint density at radius 3 is 2.89 bits per heavy atom. The maximum atomic E-state index is 12.0. The third kappa shape index (κ3) is 2.74. The standard InChI is InChI=1S/C15H17N3O/c19-15(11-18-9-1-2-10-18)17-14-7-3-6-13-12(14)5-4-8-16-13/h3-8H,1-2,9-11H2,(H,17,19). The summed E-state index contributed by atoms with van der Waals surface area (Å²) >= 11 is 0. The van der Waals surface area contributed by atoms with E-state index in [9.17, 15) is 4.79 Å². The lowest BCUT2D eigenvalue weighted by Gasteiger charge is -2.14. The zero-order valence-corrected chi connectivity index (χ0v) is 10.8. The number of nitrogens with one attached hydrogen (secondary N) is 1. The second-order valence-electron chi connectivity index (χ2n) is 4.91. The second kappa shape index (κ2) is 5.36. The SMILES string of the molecule is O=C(CN1CCCC1)Nc1cccc2ncccc12. The van der Waals surface area contributed by atoms with Crippen molar-refractivity contribution in [1.82, 2.24) is 9.88 Å². The number of aromatic nitrogens is 1. The normalized spacial score (nSPS) is 15.8. The van der Waals surface area contributed by atoms with Crippen molar-refractivity contribution in [2.24, 2.45) is 0 Å². The van der Waals surface area contributed by atoms with E-state index in [0.29, 0.717) is 6.54 Å². The van der Waals surface area contributed by atoms with Gasteiger partial charge in [-0.3, -0.25) is 14.7 Å². The molecule has 1 fully saturated rings. The first-order valence-electron chi connectivity index (χ1n) is 6.69. The molecule has 4 nitrogen and oxygen atoms in total. The number of pyridine rings is 1. The van der Waals surface area contributed by atoms with Gasteiger partial charge in [0.05, 0.1) is 17.7 Å². The minimum absolute atomic E-state index is 0.0539. The number of likely N-dealkylation sites (tertiary alicyclic amines) is 1. The lowest BCUT2D eigenvalue weighted by atomic mass is 10.2. The van der Waals surface area contributed by atoms with Crippen LogP contribution in [-0.4, -0.2) is 35.4 Å². The smallest absolute Gasteiger partial charge is 0.238 e. The van der Waals surface area contributed by atoms with Gasteiger partial charge < -0.3 is 5.32 Å². The van der Waals surface area contributed by atoms with E-state index in [2.05, 4.69) is 15.2 Å². The molecule has 1 amide bonds. The van der Waals surface area contributed by atoms with Gasteiger partial charge in [-0.05, 0) is 50.2 Å². The number of benzene rings is 1. The fourth-order valence-electron chi connectivity index (χ4n) is 2.55. The van der Waals surface area contributed by atoms with Gasteiger partial charge in [0.15, 0.2) is 0 Å². The molecule has 0 aliphatic carbocycles. The lowest BCUT2D eigenvalue weighted by molar-refractivity contribution is -0.117. The van der Waals surface area contributed by atoms with Crippen molar-refractivity contribution in [3.05, 3.63) is 36.5 Å². The average Bonchev–Trinajstić information content (AvgIpc) is 2.92. The highest BCUT2D eigenvalue weighted by molar-refractivity contribution is 6.01. The van der Waals surface area contributed by atoms with Crippen LogP contribution >= 0.6 is 0 Å². The van der Waals surface area contributed by atoms with E-state index in [1.165, 1.54) is 12.8 Å². The number of nitrogens with zero attached hydrogens (tertiary/aromatic N) is 2. The number of rotatable bonds is 3. The first-order chi connectivity index (χ1) is 9.33. The molecule has 0 bridgehead atoms. The van der Waals surface area contributed by atoms with E-state index in [0.717, 1.165) is 29.7 Å². The topological polar surface area (TPSA) is 45.2 Å². The number of carbonyl (C=O) groups excluding carboxylic acids is 1. The molecule has 2 heterocycles. The summed E-state index contributed by atoms with van der Waals surface area (Å²) in [5.74, 6) is 0.0539. The summed E-state index contributed by atoms with van der Waals surface area (Å²) in [5.41, 5.74) is 1.75. The number of carbonyl (C=O) groups is 1. The highest BCUT2D eigenvalue weighted by Crippen LogP contribution is 2.21. The van der Waals surface area contributed by atoms with Crippen molar-refractivity contribution in [1.29, 1.82) is 0 Å². The Kier molecular flexibility index (Phi) is 3.42. The molecule has 1 aromatic carbocycles. The van der Waals surface area contributed by atoms with E-state index in [1.807, 2.05) is 30.3 Å². The minimum Gasteiger partial charge on any atom is -0.324 e. The quantitative estimate of drug-likeness (QED) is 0.915. The summed E-state index contributed by atoms with van der Waals surface area (Å²) in [7, 11) is 0. The first kappa shape index (κ1) is 12.1. The van der Waals surface area contributed by atoms with Gasteiger partial charge in [-0.2, -0.15) is 0 Å². The zero-order chi connectivity index (χ0) is 13.1. The summed E-state index contributed by atoms with van der Waals surface area (Å²) in [6.07, 6.45) is 4.16. The lowest BCUT2D eigenvalue weighted by Crippen LogP contribution is -2.30. The number of hydrogen-bond donors (Lipinski definition) is 1. The minimum atomic E-state index is 0.0539. The number of hydrogen-bond acceptors (Lipinski definition) is 3. The molecule has 0 atom stereocenters. The second-order valence-corrected chi connectivity index (χ2v) is 4.91. The number of fused-ring (bicyclic) bond motifs is 1. The maximum absolute atomic E-state index is 12.0. The molecule has 0 spiro atoms. The van der Waals surface area contributed by atoms with Gasteiger partial charge in [0, 0.05) is 11.6 Å². The van der Waals surface area contributed by atoms with Crippen molar-refractivity contribution in [3.63, 3.8) is 0 Å². The van der Waals surface area contributed by atoms with Gasteiger partial charge >= 0.3 is 0 Å². The molecule has 3 rings (SSSR count). The van der Waals surface area contributed by atoms with Gasteiger partial charge in [-0.1, -0.05) is 6.07 Å². The summed E-state index contributed by atoms with van der Waals surface area (Å²) < 4.78 is 0. The molecule has 1 aliphatic heterocycles.